The molecule has 2 N–H and O–H groups in total. The lowest BCUT2D eigenvalue weighted by atomic mass is 10.2. The molecule has 1 fully saturated rings. The van der Waals surface area contributed by atoms with E-state index in [0.717, 1.165) is 6.54 Å². The summed E-state index contributed by atoms with van der Waals surface area (Å²) in [6.45, 7) is 3.60. The average Bonchev–Trinajstić information content (AvgIpc) is 2.52. The number of carbonyl (C=O) groups is 2. The molecule has 7 heteroatoms. The summed E-state index contributed by atoms with van der Waals surface area (Å²) >= 11 is 0. The van der Waals surface area contributed by atoms with Gasteiger partial charge in [0, 0.05) is 26.1 Å². The van der Waals surface area contributed by atoms with Crippen molar-refractivity contribution in [1.82, 2.24) is 4.90 Å². The van der Waals surface area contributed by atoms with Crippen molar-refractivity contribution in [3.05, 3.63) is 0 Å². The summed E-state index contributed by atoms with van der Waals surface area (Å²) in [6, 6.07) is 0. The summed E-state index contributed by atoms with van der Waals surface area (Å²) in [7, 11) is 0. The molecule has 102 valence electrons. The van der Waals surface area contributed by atoms with Gasteiger partial charge in [0.15, 0.2) is 0 Å². The van der Waals surface area contributed by atoms with Crippen molar-refractivity contribution in [2.24, 2.45) is 4.99 Å². The molecule has 2 aliphatic heterocycles. The fraction of sp³-hybridized carbons (Fsp3) is 0.727. The molecule has 0 saturated carbocycles. The average molecular weight is 258 g/mol. The second-order valence-electron chi connectivity index (χ2n) is 4.08. The van der Waals surface area contributed by atoms with Gasteiger partial charge in [0.25, 0.3) is 0 Å². The highest BCUT2D eigenvalue weighted by atomic mass is 16.7. The second kappa shape index (κ2) is 7.52. The number of fused-ring (bicyclic) bond motifs is 1. The van der Waals surface area contributed by atoms with E-state index in [0.29, 0.717) is 0 Å². The molecule has 2 rings (SSSR count). The van der Waals surface area contributed by atoms with Gasteiger partial charge in [-0.15, -0.1) is 0 Å². The number of rotatable bonds is 0. The molecule has 2 heterocycles. The largest absolute Gasteiger partial charge is 0.516 e. The lowest BCUT2D eigenvalue weighted by molar-refractivity contribution is 0.0802. The van der Waals surface area contributed by atoms with Crippen LogP contribution in [0.2, 0.25) is 0 Å². The third kappa shape index (κ3) is 5.51. The van der Waals surface area contributed by atoms with Crippen LogP contribution < -0.4 is 0 Å². The first kappa shape index (κ1) is 14.3. The highest BCUT2D eigenvalue weighted by molar-refractivity contribution is 5.83. The molecule has 0 atom stereocenters. The van der Waals surface area contributed by atoms with Gasteiger partial charge >= 0.3 is 12.3 Å². The van der Waals surface area contributed by atoms with Crippen LogP contribution in [-0.2, 0) is 4.74 Å². The van der Waals surface area contributed by atoms with Crippen LogP contribution in [0.5, 0.6) is 0 Å². The quantitative estimate of drug-likeness (QED) is 0.509. The first-order valence-electron chi connectivity index (χ1n) is 6.01. The van der Waals surface area contributed by atoms with E-state index < -0.39 is 12.3 Å². The Bertz CT molecular complexity index is 317. The molecule has 0 aromatic heterocycles. The zero-order valence-electron chi connectivity index (χ0n) is 10.2. The topological polar surface area (TPSA) is 99.4 Å². The van der Waals surface area contributed by atoms with Crippen LogP contribution in [0.15, 0.2) is 4.99 Å². The van der Waals surface area contributed by atoms with Gasteiger partial charge in [-0.25, -0.2) is 9.59 Å². The third-order valence-electron chi connectivity index (χ3n) is 2.75. The maximum atomic E-state index is 9.21. The van der Waals surface area contributed by atoms with Gasteiger partial charge < -0.3 is 19.8 Å². The van der Waals surface area contributed by atoms with Crippen molar-refractivity contribution < 1.29 is 24.5 Å². The van der Waals surface area contributed by atoms with E-state index in [2.05, 4.69) is 14.6 Å². The highest BCUT2D eigenvalue weighted by Gasteiger charge is 2.16. The normalized spacial score (nSPS) is 18.4. The Morgan fingerprint density at radius 2 is 1.72 bits per heavy atom. The Balaban J connectivity index is 0.000000203. The summed E-state index contributed by atoms with van der Waals surface area (Å²) in [5.41, 5.74) is 0. The van der Waals surface area contributed by atoms with Crippen molar-refractivity contribution in [3.63, 3.8) is 0 Å². The number of amidine groups is 1. The van der Waals surface area contributed by atoms with Gasteiger partial charge in [-0.2, -0.15) is 0 Å². The Labute approximate surface area is 105 Å². The third-order valence-corrected chi connectivity index (χ3v) is 2.75. The number of ether oxygens (including phenoxy) is 1. The van der Waals surface area contributed by atoms with Crippen LogP contribution in [0.3, 0.4) is 0 Å². The van der Waals surface area contributed by atoms with Crippen molar-refractivity contribution in [3.8, 4) is 0 Å². The molecule has 0 amide bonds. The number of aliphatic imine (C=N–C) groups is 1. The second-order valence-corrected chi connectivity index (χ2v) is 4.08. The Hall–Kier alpha value is -1.79. The van der Waals surface area contributed by atoms with Gasteiger partial charge in [0.05, 0.1) is 5.84 Å². The first-order chi connectivity index (χ1) is 8.59. The van der Waals surface area contributed by atoms with E-state index >= 15 is 0 Å². The molecule has 0 radical (unpaired) electrons. The van der Waals surface area contributed by atoms with E-state index in [-0.39, 0.29) is 0 Å². The van der Waals surface area contributed by atoms with Gasteiger partial charge in [-0.3, -0.25) is 4.99 Å². The zero-order valence-corrected chi connectivity index (χ0v) is 10.2. The molecular formula is C11H18N2O5. The van der Waals surface area contributed by atoms with Gasteiger partial charge in [-0.1, -0.05) is 6.42 Å². The monoisotopic (exact) mass is 258 g/mol. The molecule has 2 aliphatic rings. The van der Waals surface area contributed by atoms with Crippen LogP contribution in [0, 0.1) is 0 Å². The molecule has 0 unspecified atom stereocenters. The summed E-state index contributed by atoms with van der Waals surface area (Å²) < 4.78 is 3.08. The van der Waals surface area contributed by atoms with Crippen LogP contribution in [-0.4, -0.2) is 52.9 Å². The SMILES string of the molecule is C1CCC2=NCCCN2CC1.O=C(O)OC(=O)O. The number of hydrogen-bond acceptors (Lipinski definition) is 5. The molecule has 7 nitrogen and oxygen atoms in total. The van der Waals surface area contributed by atoms with Crippen molar-refractivity contribution in [2.45, 2.75) is 32.1 Å². The number of carboxylic acid groups (broad SMARTS) is 2. The fourth-order valence-electron chi connectivity index (χ4n) is 2.01. The smallest absolute Gasteiger partial charge is 0.449 e. The zero-order chi connectivity index (χ0) is 13.4. The maximum Gasteiger partial charge on any atom is 0.516 e. The van der Waals surface area contributed by atoms with E-state index in [1.54, 1.807) is 0 Å². The summed E-state index contributed by atoms with van der Waals surface area (Å²) in [5, 5.41) is 15.0. The molecule has 0 aromatic rings. The van der Waals surface area contributed by atoms with Crippen LogP contribution in [0.4, 0.5) is 9.59 Å². The fourth-order valence-corrected chi connectivity index (χ4v) is 2.01. The number of nitrogens with zero attached hydrogens (tertiary/aromatic N) is 2. The molecule has 0 spiro atoms. The van der Waals surface area contributed by atoms with E-state index in [1.165, 1.54) is 51.0 Å². The van der Waals surface area contributed by atoms with Crippen LogP contribution in [0.25, 0.3) is 0 Å². The maximum absolute atomic E-state index is 9.21. The Kier molecular flexibility index (Phi) is 5.96. The Morgan fingerprint density at radius 3 is 2.33 bits per heavy atom. The minimum Gasteiger partial charge on any atom is -0.449 e. The lowest BCUT2D eigenvalue weighted by Crippen LogP contribution is -2.34. The highest BCUT2D eigenvalue weighted by Crippen LogP contribution is 2.15. The predicted octanol–water partition coefficient (Wildman–Crippen LogP) is 2.02. The molecular weight excluding hydrogens is 240 g/mol. The summed E-state index contributed by atoms with van der Waals surface area (Å²) in [5.74, 6) is 1.40. The van der Waals surface area contributed by atoms with E-state index in [9.17, 15) is 9.59 Å². The summed E-state index contributed by atoms with van der Waals surface area (Å²) in [4.78, 5) is 25.4. The molecule has 1 saturated heterocycles. The standard InChI is InChI=1S/C9H16N2.C2H2O5/c1-2-5-9-10-6-4-8-11(9)7-3-1;3-1(4)7-2(5)6/h1-8H2;(H,3,4)(H,5,6). The minimum atomic E-state index is -1.81. The molecule has 0 bridgehead atoms. The lowest BCUT2D eigenvalue weighted by Gasteiger charge is -2.27. The molecule has 0 aromatic carbocycles. The Morgan fingerprint density at radius 1 is 1.06 bits per heavy atom. The van der Waals surface area contributed by atoms with Gasteiger partial charge in [0.1, 0.15) is 0 Å². The van der Waals surface area contributed by atoms with Gasteiger partial charge in [0.2, 0.25) is 0 Å². The summed E-state index contributed by atoms with van der Waals surface area (Å²) in [6.07, 6.45) is 3.01. The van der Waals surface area contributed by atoms with Crippen molar-refractivity contribution in [1.29, 1.82) is 0 Å². The van der Waals surface area contributed by atoms with E-state index in [4.69, 9.17) is 10.2 Å². The van der Waals surface area contributed by atoms with Gasteiger partial charge in [-0.05, 0) is 19.3 Å². The van der Waals surface area contributed by atoms with Crippen LogP contribution >= 0.6 is 0 Å². The van der Waals surface area contributed by atoms with E-state index in [1.807, 2.05) is 0 Å². The van der Waals surface area contributed by atoms with Crippen LogP contribution in [0.1, 0.15) is 32.1 Å². The predicted molar refractivity (Wildman–Crippen MR) is 64.1 cm³/mol. The minimum absolute atomic E-state index is 1.08. The molecule has 18 heavy (non-hydrogen) atoms. The number of hydrogen-bond donors (Lipinski definition) is 2. The first-order valence-corrected chi connectivity index (χ1v) is 6.01. The molecule has 0 aliphatic carbocycles. The van der Waals surface area contributed by atoms with Crippen molar-refractivity contribution >= 4 is 18.1 Å². The van der Waals surface area contributed by atoms with Crippen molar-refractivity contribution in [2.75, 3.05) is 19.6 Å².